The molecule has 0 aliphatic heterocycles. The summed E-state index contributed by atoms with van der Waals surface area (Å²) in [4.78, 5) is 18.6. The second-order valence-electron chi connectivity index (χ2n) is 6.38. The van der Waals surface area contributed by atoms with E-state index in [9.17, 15) is 9.18 Å². The van der Waals surface area contributed by atoms with E-state index in [4.69, 9.17) is 13.9 Å². The number of hydrogen-bond donors (Lipinski definition) is 0. The Labute approximate surface area is 179 Å². The van der Waals surface area contributed by atoms with Gasteiger partial charge in [0.2, 0.25) is 5.91 Å². The van der Waals surface area contributed by atoms with Crippen LogP contribution in [0, 0.1) is 5.82 Å². The minimum atomic E-state index is -0.312. The molecule has 3 aromatic rings. The molecule has 0 unspecified atom stereocenters. The van der Waals surface area contributed by atoms with Crippen LogP contribution < -0.4 is 9.47 Å². The summed E-state index contributed by atoms with van der Waals surface area (Å²) in [6.07, 6.45) is 1.57. The van der Waals surface area contributed by atoms with Crippen molar-refractivity contribution in [2.24, 2.45) is 0 Å². The number of halogens is 1. The van der Waals surface area contributed by atoms with Crippen molar-refractivity contribution in [3.05, 3.63) is 60.0 Å². The molecule has 0 saturated heterocycles. The highest BCUT2D eigenvalue weighted by Crippen LogP contribution is 2.29. The molecule has 0 saturated carbocycles. The SMILES string of the molecule is CCN(Cc1ccc(OC)c(OC)c1)C(=O)CSc1ncc(-c2ccc(F)cc2)o1. The van der Waals surface area contributed by atoms with Gasteiger partial charge in [-0.3, -0.25) is 4.79 Å². The number of methoxy groups -OCH3 is 2. The molecule has 1 amide bonds. The lowest BCUT2D eigenvalue weighted by Gasteiger charge is -2.21. The average molecular weight is 431 g/mol. The van der Waals surface area contributed by atoms with E-state index in [-0.39, 0.29) is 17.5 Å². The molecular formula is C22H23FN2O4S. The number of oxazole rings is 1. The van der Waals surface area contributed by atoms with Crippen LogP contribution in [-0.4, -0.2) is 42.3 Å². The topological polar surface area (TPSA) is 64.8 Å². The van der Waals surface area contributed by atoms with Gasteiger partial charge in [-0.25, -0.2) is 9.37 Å². The van der Waals surface area contributed by atoms with Gasteiger partial charge >= 0.3 is 0 Å². The monoisotopic (exact) mass is 430 g/mol. The molecule has 0 radical (unpaired) electrons. The van der Waals surface area contributed by atoms with Crippen molar-refractivity contribution < 1.29 is 23.1 Å². The molecule has 3 rings (SSSR count). The quantitative estimate of drug-likeness (QED) is 0.461. The number of amides is 1. The predicted molar refractivity (Wildman–Crippen MR) is 113 cm³/mol. The third-order valence-corrected chi connectivity index (χ3v) is 5.32. The van der Waals surface area contributed by atoms with Crippen molar-refractivity contribution in [2.75, 3.05) is 26.5 Å². The predicted octanol–water partition coefficient (Wildman–Crippen LogP) is 4.64. The van der Waals surface area contributed by atoms with Gasteiger partial charge in [0.15, 0.2) is 17.3 Å². The summed E-state index contributed by atoms with van der Waals surface area (Å²) >= 11 is 1.23. The summed E-state index contributed by atoms with van der Waals surface area (Å²) in [5.74, 6) is 1.66. The van der Waals surface area contributed by atoms with Crippen molar-refractivity contribution >= 4 is 17.7 Å². The fourth-order valence-electron chi connectivity index (χ4n) is 2.86. The third-order valence-electron chi connectivity index (χ3n) is 4.49. The van der Waals surface area contributed by atoms with Gasteiger partial charge in [-0.1, -0.05) is 17.8 Å². The first-order valence-electron chi connectivity index (χ1n) is 9.37. The van der Waals surface area contributed by atoms with E-state index in [0.717, 1.165) is 11.1 Å². The van der Waals surface area contributed by atoms with Crippen LogP contribution in [0.1, 0.15) is 12.5 Å². The number of ether oxygens (including phenoxy) is 2. The molecule has 0 aliphatic rings. The number of aromatic nitrogens is 1. The van der Waals surface area contributed by atoms with E-state index in [1.165, 1.54) is 23.9 Å². The molecule has 0 spiro atoms. The average Bonchev–Trinajstić information content (AvgIpc) is 3.25. The van der Waals surface area contributed by atoms with Crippen LogP contribution in [0.3, 0.4) is 0 Å². The first-order valence-corrected chi connectivity index (χ1v) is 10.4. The molecule has 1 heterocycles. The molecule has 0 fully saturated rings. The van der Waals surface area contributed by atoms with Gasteiger partial charge in [-0.2, -0.15) is 0 Å². The fourth-order valence-corrected chi connectivity index (χ4v) is 3.57. The van der Waals surface area contributed by atoms with Gasteiger partial charge in [0, 0.05) is 18.7 Å². The highest BCUT2D eigenvalue weighted by molar-refractivity contribution is 7.99. The maximum Gasteiger partial charge on any atom is 0.256 e. The summed E-state index contributed by atoms with van der Waals surface area (Å²) in [5.41, 5.74) is 1.67. The van der Waals surface area contributed by atoms with Gasteiger partial charge in [0.25, 0.3) is 5.22 Å². The van der Waals surface area contributed by atoms with Gasteiger partial charge in [-0.15, -0.1) is 0 Å². The van der Waals surface area contributed by atoms with E-state index >= 15 is 0 Å². The zero-order valence-corrected chi connectivity index (χ0v) is 17.9. The molecule has 158 valence electrons. The largest absolute Gasteiger partial charge is 0.493 e. The molecule has 0 N–H and O–H groups in total. The Balaban J connectivity index is 1.60. The molecule has 6 nitrogen and oxygen atoms in total. The Morgan fingerprint density at radius 3 is 2.53 bits per heavy atom. The van der Waals surface area contributed by atoms with Crippen LogP contribution >= 0.6 is 11.8 Å². The number of thioether (sulfide) groups is 1. The van der Waals surface area contributed by atoms with Gasteiger partial charge in [-0.05, 0) is 48.9 Å². The van der Waals surface area contributed by atoms with Crippen LogP contribution in [0.25, 0.3) is 11.3 Å². The number of carbonyl (C=O) groups is 1. The molecule has 30 heavy (non-hydrogen) atoms. The summed E-state index contributed by atoms with van der Waals surface area (Å²) in [6.45, 7) is 2.96. The van der Waals surface area contributed by atoms with E-state index in [0.29, 0.717) is 35.6 Å². The minimum absolute atomic E-state index is 0.0289. The van der Waals surface area contributed by atoms with Crippen molar-refractivity contribution in [1.29, 1.82) is 0 Å². The van der Waals surface area contributed by atoms with Crippen LogP contribution in [0.2, 0.25) is 0 Å². The van der Waals surface area contributed by atoms with Gasteiger partial charge in [0.1, 0.15) is 5.82 Å². The summed E-state index contributed by atoms with van der Waals surface area (Å²) in [5, 5.41) is 0.393. The van der Waals surface area contributed by atoms with Gasteiger partial charge in [0.05, 0.1) is 26.2 Å². The molecule has 0 atom stereocenters. The molecule has 0 bridgehead atoms. The number of rotatable bonds is 9. The van der Waals surface area contributed by atoms with Crippen molar-refractivity contribution in [1.82, 2.24) is 9.88 Å². The summed E-state index contributed by atoms with van der Waals surface area (Å²) in [6, 6.07) is 11.6. The second kappa shape index (κ2) is 10.2. The lowest BCUT2D eigenvalue weighted by molar-refractivity contribution is -0.128. The Morgan fingerprint density at radius 1 is 1.13 bits per heavy atom. The normalized spacial score (nSPS) is 10.7. The third kappa shape index (κ3) is 5.33. The minimum Gasteiger partial charge on any atom is -0.493 e. The van der Waals surface area contributed by atoms with Crippen molar-refractivity contribution in [2.45, 2.75) is 18.7 Å². The highest BCUT2D eigenvalue weighted by atomic mass is 32.2. The first-order chi connectivity index (χ1) is 14.5. The number of nitrogens with zero attached hydrogens (tertiary/aromatic N) is 2. The van der Waals surface area contributed by atoms with Gasteiger partial charge < -0.3 is 18.8 Å². The Kier molecular flexibility index (Phi) is 7.35. The lowest BCUT2D eigenvalue weighted by atomic mass is 10.2. The number of carbonyl (C=O) groups excluding carboxylic acids is 1. The standard InChI is InChI=1S/C22H23FN2O4S/c1-4-25(13-15-5-10-18(27-2)19(11-15)28-3)21(26)14-30-22-24-12-20(29-22)16-6-8-17(23)9-7-16/h5-12H,4,13-14H2,1-3H3. The zero-order valence-electron chi connectivity index (χ0n) is 17.1. The van der Waals surface area contributed by atoms with E-state index < -0.39 is 0 Å². The Bertz CT molecular complexity index is 991. The molecule has 8 heteroatoms. The maximum absolute atomic E-state index is 13.1. The Hall–Kier alpha value is -3.00. The molecular weight excluding hydrogens is 407 g/mol. The van der Waals surface area contributed by atoms with Crippen LogP contribution in [0.15, 0.2) is 58.3 Å². The van der Waals surface area contributed by atoms with Crippen molar-refractivity contribution in [3.63, 3.8) is 0 Å². The number of hydrogen-bond acceptors (Lipinski definition) is 6. The van der Waals surface area contributed by atoms with E-state index in [2.05, 4.69) is 4.98 Å². The Morgan fingerprint density at radius 2 is 1.87 bits per heavy atom. The molecule has 1 aromatic heterocycles. The highest BCUT2D eigenvalue weighted by Gasteiger charge is 2.16. The lowest BCUT2D eigenvalue weighted by Crippen LogP contribution is -2.31. The maximum atomic E-state index is 13.1. The molecule has 0 aliphatic carbocycles. The zero-order chi connectivity index (χ0) is 21.5. The van der Waals surface area contributed by atoms with E-state index in [1.807, 2.05) is 25.1 Å². The second-order valence-corrected chi connectivity index (χ2v) is 7.31. The summed E-state index contributed by atoms with van der Waals surface area (Å²) < 4.78 is 29.3. The van der Waals surface area contributed by atoms with Crippen molar-refractivity contribution in [3.8, 4) is 22.8 Å². The first kappa shape index (κ1) is 21.7. The molecule has 2 aromatic carbocycles. The fraction of sp³-hybridized carbons (Fsp3) is 0.273. The van der Waals surface area contributed by atoms with Crippen LogP contribution in [-0.2, 0) is 11.3 Å². The summed E-state index contributed by atoms with van der Waals surface area (Å²) in [7, 11) is 3.17. The van der Waals surface area contributed by atoms with E-state index in [1.54, 1.807) is 37.4 Å². The smallest absolute Gasteiger partial charge is 0.256 e. The van der Waals surface area contributed by atoms with Crippen LogP contribution in [0.4, 0.5) is 4.39 Å². The van der Waals surface area contributed by atoms with Crippen LogP contribution in [0.5, 0.6) is 11.5 Å². The number of benzene rings is 2.